The lowest BCUT2D eigenvalue weighted by Crippen LogP contribution is -2.72. The summed E-state index contributed by atoms with van der Waals surface area (Å²) in [5, 5.41) is 0.645. The van der Waals surface area contributed by atoms with E-state index in [1.807, 2.05) is 43.4 Å². The van der Waals surface area contributed by atoms with E-state index in [0.29, 0.717) is 16.4 Å². The summed E-state index contributed by atoms with van der Waals surface area (Å²) in [6.07, 6.45) is 7.03. The molecule has 0 unspecified atom stereocenters. The molecule has 284 valence electrons. The van der Waals surface area contributed by atoms with Gasteiger partial charge in [0.15, 0.2) is 0 Å². The number of rotatable bonds is 12. The Morgan fingerprint density at radius 3 is 2.13 bits per heavy atom. The van der Waals surface area contributed by atoms with Crippen molar-refractivity contribution in [1.82, 2.24) is 34.6 Å². The van der Waals surface area contributed by atoms with Gasteiger partial charge in [0.05, 0.1) is 51.6 Å². The van der Waals surface area contributed by atoms with Crippen LogP contribution in [-0.4, -0.2) is 99.1 Å². The smallest absolute Gasteiger partial charge is 0.219 e. The number of carbonyl (C=O) groups is 1. The van der Waals surface area contributed by atoms with Crippen LogP contribution in [-0.2, 0) is 17.8 Å². The number of nitrogens with zero attached hydrogens (tertiary/aromatic N) is 8. The molecule has 3 aliphatic heterocycles. The molecule has 0 aliphatic carbocycles. The molecular weight excluding hydrogens is 692 g/mol. The summed E-state index contributed by atoms with van der Waals surface area (Å²) in [5.41, 5.74) is 12.0. The summed E-state index contributed by atoms with van der Waals surface area (Å²) in [6, 6.07) is 12.4. The quantitative estimate of drug-likeness (QED) is 0.136. The van der Waals surface area contributed by atoms with Crippen molar-refractivity contribution in [2.24, 2.45) is 21.7 Å². The Labute approximate surface area is 326 Å². The Morgan fingerprint density at radius 2 is 1.50 bits per heavy atom. The highest BCUT2D eigenvalue weighted by Crippen LogP contribution is 2.42. The van der Waals surface area contributed by atoms with Crippen molar-refractivity contribution in [3.63, 3.8) is 0 Å². The molecule has 3 aliphatic rings. The largest absolute Gasteiger partial charge is 0.341 e. The number of carbonyl (C=O) groups excluding carboxylic acids is 1. The third-order valence-corrected chi connectivity index (χ3v) is 12.4. The molecule has 1 spiro atoms. The Morgan fingerprint density at radius 1 is 0.852 bits per heavy atom. The predicted octanol–water partition coefficient (Wildman–Crippen LogP) is 7.94. The fourth-order valence-corrected chi connectivity index (χ4v) is 9.61. The molecule has 1 amide bonds. The lowest BCUT2D eigenvalue weighted by atomic mass is 9.71. The van der Waals surface area contributed by atoms with Gasteiger partial charge >= 0.3 is 0 Å². The molecule has 2 aromatic heterocycles. The third-order valence-electron chi connectivity index (χ3n) is 12.0. The van der Waals surface area contributed by atoms with E-state index in [0.717, 1.165) is 126 Å². The van der Waals surface area contributed by atoms with E-state index in [1.54, 1.807) is 6.92 Å². The van der Waals surface area contributed by atoms with Crippen LogP contribution in [0.15, 0.2) is 53.8 Å². The lowest BCUT2D eigenvalue weighted by Gasteiger charge is -2.60. The van der Waals surface area contributed by atoms with Crippen molar-refractivity contribution >= 4 is 23.2 Å². The first kappa shape index (κ1) is 38.2. The molecule has 0 atom stereocenters. The Kier molecular flexibility index (Phi) is 10.8. The number of likely N-dealkylation sites (tertiary alicyclic amines) is 3. The van der Waals surface area contributed by atoms with Crippen LogP contribution < -0.4 is 0 Å². The second-order valence-electron chi connectivity index (χ2n) is 16.6. The number of benzene rings is 2. The van der Waals surface area contributed by atoms with Gasteiger partial charge < -0.3 is 4.90 Å². The highest BCUT2D eigenvalue weighted by molar-refractivity contribution is 6.36. The minimum Gasteiger partial charge on any atom is -0.341 e. The average Bonchev–Trinajstić information content (AvgIpc) is 3.10. The lowest BCUT2D eigenvalue weighted by molar-refractivity contribution is -0.157. The zero-order valence-electron chi connectivity index (χ0n) is 33.3. The van der Waals surface area contributed by atoms with E-state index in [-0.39, 0.29) is 11.3 Å². The maximum atomic E-state index is 11.7. The van der Waals surface area contributed by atoms with E-state index in [9.17, 15) is 4.79 Å². The van der Waals surface area contributed by atoms with Crippen LogP contribution in [0.4, 0.5) is 0 Å². The predicted molar refractivity (Wildman–Crippen MR) is 219 cm³/mol. The molecule has 0 radical (unpaired) electrons. The van der Waals surface area contributed by atoms with Crippen molar-refractivity contribution < 1.29 is 4.79 Å². The highest BCUT2D eigenvalue weighted by Gasteiger charge is 2.52. The second-order valence-corrected chi connectivity index (χ2v) is 17.0. The van der Waals surface area contributed by atoms with Crippen molar-refractivity contribution in [1.29, 1.82) is 0 Å². The third kappa shape index (κ3) is 7.35. The molecule has 0 saturated carbocycles. The maximum Gasteiger partial charge on any atom is 0.219 e. The molecule has 4 aromatic rings. The molecule has 0 bridgehead atoms. The van der Waals surface area contributed by atoms with Crippen LogP contribution in [0, 0.1) is 30.6 Å². The van der Waals surface area contributed by atoms with Gasteiger partial charge in [0.1, 0.15) is 5.69 Å². The van der Waals surface area contributed by atoms with E-state index >= 15 is 0 Å². The van der Waals surface area contributed by atoms with Crippen molar-refractivity contribution in [3.8, 4) is 33.6 Å². The van der Waals surface area contributed by atoms with Crippen LogP contribution in [0.25, 0.3) is 33.6 Å². The van der Waals surface area contributed by atoms with Crippen LogP contribution in [0.2, 0.25) is 5.02 Å². The van der Waals surface area contributed by atoms with Crippen LogP contribution in [0.1, 0.15) is 75.8 Å². The number of halogens is 1. The van der Waals surface area contributed by atoms with Crippen molar-refractivity contribution in [2.45, 2.75) is 74.3 Å². The fraction of sp³-hybridized carbons (Fsp3) is 0.500. The summed E-state index contributed by atoms with van der Waals surface area (Å²) < 4.78 is 0. The molecule has 9 nitrogen and oxygen atoms in total. The van der Waals surface area contributed by atoms with Gasteiger partial charge in [0, 0.05) is 88.4 Å². The number of hydrogen-bond donors (Lipinski definition) is 0. The zero-order chi connectivity index (χ0) is 38.4. The first-order valence-electron chi connectivity index (χ1n) is 19.6. The Balaban J connectivity index is 1.07. The van der Waals surface area contributed by atoms with E-state index in [4.69, 9.17) is 31.5 Å². The maximum absolute atomic E-state index is 11.7. The normalized spacial score (nSPS) is 18.1. The summed E-state index contributed by atoms with van der Waals surface area (Å²) in [7, 11) is 1.85. The van der Waals surface area contributed by atoms with Gasteiger partial charge in [-0.1, -0.05) is 75.7 Å². The Hall–Kier alpha value is -4.05. The Bertz CT molecular complexity index is 2070. The van der Waals surface area contributed by atoms with Gasteiger partial charge in [0.25, 0.3) is 0 Å². The van der Waals surface area contributed by atoms with Crippen molar-refractivity contribution in [3.05, 3.63) is 82.2 Å². The summed E-state index contributed by atoms with van der Waals surface area (Å²) in [5.74, 6) is 0.878. The minimum atomic E-state index is 0.173. The van der Waals surface area contributed by atoms with E-state index < -0.39 is 0 Å². The van der Waals surface area contributed by atoms with Crippen LogP contribution in [0.5, 0.6) is 0 Å². The number of aryl methyl sites for hydroxylation is 2. The number of hydrogen-bond acceptors (Lipinski definition) is 8. The first-order valence-corrected chi connectivity index (χ1v) is 20.0. The van der Waals surface area contributed by atoms with Gasteiger partial charge in [-0.3, -0.25) is 29.6 Å². The molecule has 0 N–H and O–H groups in total. The average molecular weight is 747 g/mol. The molecule has 54 heavy (non-hydrogen) atoms. The molecule has 10 heteroatoms. The van der Waals surface area contributed by atoms with Crippen LogP contribution >= 0.6 is 11.6 Å². The summed E-state index contributed by atoms with van der Waals surface area (Å²) in [4.78, 5) is 43.2. The van der Waals surface area contributed by atoms with Crippen molar-refractivity contribution in [2.75, 3.05) is 52.9 Å². The number of aliphatic imine (C=N–C) groups is 1. The minimum absolute atomic E-state index is 0.173. The van der Waals surface area contributed by atoms with Gasteiger partial charge in [-0.15, -0.1) is 0 Å². The van der Waals surface area contributed by atoms with Gasteiger partial charge in [-0.2, -0.15) is 0 Å². The monoisotopic (exact) mass is 746 g/mol. The van der Waals surface area contributed by atoms with Crippen LogP contribution in [0.3, 0.4) is 0 Å². The molecule has 7 rings (SSSR count). The highest BCUT2D eigenvalue weighted by atomic mass is 35.5. The molecular formula is C44H55ClN8O. The fourth-order valence-electron chi connectivity index (χ4n) is 9.29. The number of amides is 1. The molecule has 3 fully saturated rings. The van der Waals surface area contributed by atoms with Gasteiger partial charge in [-0.25, -0.2) is 9.97 Å². The summed E-state index contributed by atoms with van der Waals surface area (Å²) in [6.45, 7) is 22.4. The second kappa shape index (κ2) is 15.2. The molecule has 3 saturated heterocycles. The topological polar surface area (TPSA) is 90.7 Å². The SMILES string of the molecule is CCc1nc(-c2cccc(-c3cccc(-c4cnc(/C(CN5CC(CC)(CC(C)C)C5)=N\C)c(C)n4)c3Cl)c2C)cnc1CN1CC2(C1)CN(C(C)=O)C2. The zero-order valence-corrected chi connectivity index (χ0v) is 34.1. The summed E-state index contributed by atoms with van der Waals surface area (Å²) >= 11 is 7.25. The molecule has 2 aromatic carbocycles. The number of aromatic nitrogens is 4. The standard InChI is InChI=1S/C44H55ClN8O/c1-9-36-39(20-51-24-44(25-51)26-53(27-44)31(7)54)47-18-37(50-36)33-14-11-13-32(29(33)5)34-15-12-16-35(41(34)45)38-19-48-42(30(6)49-38)40(46-8)21-52-22-43(10-2,23-52)17-28(3)4/h11-16,18-19,28H,9-10,17,20-27H2,1-8H3/b46-40-. The van der Waals surface area contributed by atoms with E-state index in [1.165, 1.54) is 12.8 Å². The molecule has 5 heterocycles. The van der Waals surface area contributed by atoms with E-state index in [2.05, 4.69) is 73.7 Å². The van der Waals surface area contributed by atoms with Gasteiger partial charge in [0.2, 0.25) is 5.91 Å². The van der Waals surface area contributed by atoms with Gasteiger partial charge in [-0.05, 0) is 55.6 Å². The first-order chi connectivity index (χ1) is 25.9.